The topological polar surface area (TPSA) is 78.9 Å². The van der Waals surface area contributed by atoms with Gasteiger partial charge in [0.1, 0.15) is 13.2 Å². The molecule has 0 aliphatic heterocycles. The van der Waals surface area contributed by atoms with Crippen LogP contribution in [0.2, 0.25) is 0 Å². The molecule has 6 heteroatoms. The van der Waals surface area contributed by atoms with E-state index in [0.717, 1.165) is 64.2 Å². The minimum Gasteiger partial charge on any atom is -0.462 e. The summed E-state index contributed by atoms with van der Waals surface area (Å²) in [4.78, 5) is 38.2. The molecule has 0 aliphatic rings. The molecule has 0 heterocycles. The van der Waals surface area contributed by atoms with Crippen LogP contribution in [0.25, 0.3) is 0 Å². The first-order valence-electron chi connectivity index (χ1n) is 30.2. The number of hydrogen-bond donors (Lipinski definition) is 0. The summed E-state index contributed by atoms with van der Waals surface area (Å²) < 4.78 is 16.9. The third kappa shape index (κ3) is 55.0. The molecule has 0 spiro atoms. The lowest BCUT2D eigenvalue weighted by atomic mass is 10.0. The maximum atomic E-state index is 12.9. The van der Waals surface area contributed by atoms with E-state index in [1.165, 1.54) is 238 Å². The van der Waals surface area contributed by atoms with Crippen molar-refractivity contribution in [3.63, 3.8) is 0 Å². The van der Waals surface area contributed by atoms with Gasteiger partial charge in [0.15, 0.2) is 6.10 Å². The van der Waals surface area contributed by atoms with Crippen LogP contribution in [0.1, 0.15) is 342 Å². The number of allylic oxidation sites excluding steroid dienone is 2. The average Bonchev–Trinajstić information content (AvgIpc) is 3.33. The van der Waals surface area contributed by atoms with Crippen molar-refractivity contribution in [3.8, 4) is 0 Å². The maximum absolute atomic E-state index is 12.9. The molecule has 0 unspecified atom stereocenters. The number of carbonyl (C=O) groups is 3. The first kappa shape index (κ1) is 65.1. The molecule has 0 saturated carbocycles. The van der Waals surface area contributed by atoms with Gasteiger partial charge in [-0.15, -0.1) is 0 Å². The van der Waals surface area contributed by atoms with Crippen molar-refractivity contribution in [2.45, 2.75) is 348 Å². The number of unbranched alkanes of at least 4 members (excludes halogenated alkanes) is 43. The molecule has 1 atom stereocenters. The standard InChI is InChI=1S/C61H116O6/c1-4-7-10-13-16-19-22-25-28-29-30-31-34-36-39-42-45-48-51-54-60(63)66-57-58(67-61(64)55-52-49-46-43-40-37-33-27-24-21-18-15-12-9-6-3)56-65-59(62)53-50-47-44-41-38-35-32-26-23-20-17-14-11-8-5-2/h27,33,58H,4-26,28-32,34-57H2,1-3H3/b33-27-/t58-/m0/s1. The molecule has 396 valence electrons. The Hall–Kier alpha value is -1.85. The quantitative estimate of drug-likeness (QED) is 0.0262. The smallest absolute Gasteiger partial charge is 0.306 e. The zero-order valence-corrected chi connectivity index (χ0v) is 45.5. The molecule has 0 bridgehead atoms. The first-order chi connectivity index (χ1) is 33.0. The highest BCUT2D eigenvalue weighted by atomic mass is 16.6. The number of esters is 3. The Morgan fingerprint density at radius 3 is 0.746 bits per heavy atom. The fourth-order valence-corrected chi connectivity index (χ4v) is 9.21. The van der Waals surface area contributed by atoms with E-state index in [4.69, 9.17) is 14.2 Å². The van der Waals surface area contributed by atoms with Gasteiger partial charge in [-0.25, -0.2) is 0 Å². The van der Waals surface area contributed by atoms with Crippen molar-refractivity contribution in [1.29, 1.82) is 0 Å². The Morgan fingerprint density at radius 1 is 0.284 bits per heavy atom. The normalized spacial score (nSPS) is 12.0. The molecule has 67 heavy (non-hydrogen) atoms. The molecular weight excluding hydrogens is 829 g/mol. The van der Waals surface area contributed by atoms with Crippen molar-refractivity contribution < 1.29 is 28.6 Å². The minimum absolute atomic E-state index is 0.0672. The Labute approximate surface area is 418 Å². The highest BCUT2D eigenvalue weighted by Gasteiger charge is 2.19. The van der Waals surface area contributed by atoms with Crippen LogP contribution in [0.4, 0.5) is 0 Å². The van der Waals surface area contributed by atoms with Crippen molar-refractivity contribution in [2.75, 3.05) is 13.2 Å². The van der Waals surface area contributed by atoms with Crippen molar-refractivity contribution >= 4 is 17.9 Å². The molecule has 6 nitrogen and oxygen atoms in total. The van der Waals surface area contributed by atoms with Gasteiger partial charge < -0.3 is 14.2 Å². The third-order valence-electron chi connectivity index (χ3n) is 13.8. The summed E-state index contributed by atoms with van der Waals surface area (Å²) in [5.41, 5.74) is 0. The molecule has 0 aliphatic carbocycles. The van der Waals surface area contributed by atoms with E-state index in [1.54, 1.807) is 0 Å². The van der Waals surface area contributed by atoms with Crippen molar-refractivity contribution in [3.05, 3.63) is 12.2 Å². The molecule has 0 aromatic heterocycles. The van der Waals surface area contributed by atoms with Crippen LogP contribution in [-0.4, -0.2) is 37.2 Å². The summed E-state index contributed by atoms with van der Waals surface area (Å²) in [6, 6.07) is 0. The van der Waals surface area contributed by atoms with Crippen molar-refractivity contribution in [2.24, 2.45) is 0 Å². The second-order valence-electron chi connectivity index (χ2n) is 20.6. The predicted octanol–water partition coefficient (Wildman–Crippen LogP) is 20.1. The van der Waals surface area contributed by atoms with E-state index in [2.05, 4.69) is 32.9 Å². The minimum atomic E-state index is -0.769. The van der Waals surface area contributed by atoms with Crippen LogP contribution >= 0.6 is 0 Å². The van der Waals surface area contributed by atoms with Crippen LogP contribution < -0.4 is 0 Å². The van der Waals surface area contributed by atoms with Crippen LogP contribution in [0.15, 0.2) is 12.2 Å². The summed E-state index contributed by atoms with van der Waals surface area (Å²) >= 11 is 0. The lowest BCUT2D eigenvalue weighted by Gasteiger charge is -2.18. The van der Waals surface area contributed by atoms with Gasteiger partial charge in [0.2, 0.25) is 0 Å². The number of ether oxygens (including phenoxy) is 3. The summed E-state index contributed by atoms with van der Waals surface area (Å²) in [5, 5.41) is 0. The molecule has 0 aromatic rings. The van der Waals surface area contributed by atoms with E-state index in [1.807, 2.05) is 0 Å². The van der Waals surface area contributed by atoms with E-state index in [-0.39, 0.29) is 31.1 Å². The second kappa shape index (κ2) is 56.7. The molecule has 0 radical (unpaired) electrons. The monoisotopic (exact) mass is 945 g/mol. The molecular formula is C61H116O6. The van der Waals surface area contributed by atoms with Gasteiger partial charge >= 0.3 is 17.9 Å². The van der Waals surface area contributed by atoms with Crippen LogP contribution in [0, 0.1) is 0 Å². The summed E-state index contributed by atoms with van der Waals surface area (Å²) in [6.45, 7) is 6.69. The highest BCUT2D eigenvalue weighted by molar-refractivity contribution is 5.71. The second-order valence-corrected chi connectivity index (χ2v) is 20.6. The van der Waals surface area contributed by atoms with Gasteiger partial charge in [0.05, 0.1) is 0 Å². The zero-order chi connectivity index (χ0) is 48.6. The Bertz CT molecular complexity index is 1040. The van der Waals surface area contributed by atoms with Crippen LogP contribution in [0.5, 0.6) is 0 Å². The Kier molecular flexibility index (Phi) is 55.2. The summed E-state index contributed by atoms with van der Waals surface area (Å²) in [7, 11) is 0. The summed E-state index contributed by atoms with van der Waals surface area (Å²) in [6.07, 6.45) is 64.9. The van der Waals surface area contributed by atoms with E-state index in [0.29, 0.717) is 19.3 Å². The van der Waals surface area contributed by atoms with Gasteiger partial charge in [-0.3, -0.25) is 14.4 Å². The summed E-state index contributed by atoms with van der Waals surface area (Å²) in [5.74, 6) is -0.848. The Balaban J connectivity index is 4.30. The van der Waals surface area contributed by atoms with Gasteiger partial charge in [0.25, 0.3) is 0 Å². The molecule has 0 saturated heterocycles. The molecule has 0 fully saturated rings. The zero-order valence-electron chi connectivity index (χ0n) is 45.5. The molecule has 0 N–H and O–H groups in total. The lowest BCUT2D eigenvalue weighted by molar-refractivity contribution is -0.167. The number of hydrogen-bond acceptors (Lipinski definition) is 6. The highest BCUT2D eigenvalue weighted by Crippen LogP contribution is 2.17. The first-order valence-corrected chi connectivity index (χ1v) is 30.2. The van der Waals surface area contributed by atoms with Gasteiger partial charge in [-0.05, 0) is 44.9 Å². The predicted molar refractivity (Wildman–Crippen MR) is 289 cm³/mol. The molecule has 0 aromatic carbocycles. The third-order valence-corrected chi connectivity index (χ3v) is 13.8. The average molecular weight is 946 g/mol. The lowest BCUT2D eigenvalue weighted by Crippen LogP contribution is -2.30. The number of rotatable bonds is 56. The van der Waals surface area contributed by atoms with E-state index >= 15 is 0 Å². The SMILES string of the molecule is CCCCCCCC/C=C\CCCCCCCC(=O)O[C@@H](COC(=O)CCCCCCCCCCCCCCCCC)COC(=O)CCCCCCCCCCCCCCCCCCCCC. The van der Waals surface area contributed by atoms with Crippen LogP contribution in [-0.2, 0) is 28.6 Å². The van der Waals surface area contributed by atoms with Crippen molar-refractivity contribution in [1.82, 2.24) is 0 Å². The maximum Gasteiger partial charge on any atom is 0.306 e. The van der Waals surface area contributed by atoms with Gasteiger partial charge in [0, 0.05) is 19.3 Å². The largest absolute Gasteiger partial charge is 0.462 e. The van der Waals surface area contributed by atoms with E-state index < -0.39 is 6.10 Å². The van der Waals surface area contributed by atoms with E-state index in [9.17, 15) is 14.4 Å². The number of carbonyl (C=O) groups excluding carboxylic acids is 3. The fraction of sp³-hybridized carbons (Fsp3) is 0.918. The van der Waals surface area contributed by atoms with Gasteiger partial charge in [-0.2, -0.15) is 0 Å². The molecule has 0 rings (SSSR count). The fourth-order valence-electron chi connectivity index (χ4n) is 9.21. The molecule has 0 amide bonds. The van der Waals surface area contributed by atoms with Gasteiger partial charge in [-0.1, -0.05) is 290 Å². The van der Waals surface area contributed by atoms with Crippen LogP contribution in [0.3, 0.4) is 0 Å². The Morgan fingerprint density at radius 2 is 0.493 bits per heavy atom.